The lowest BCUT2D eigenvalue weighted by atomic mass is 9.92. The Balaban J connectivity index is 1.15. The van der Waals surface area contributed by atoms with E-state index in [1.165, 1.54) is 0 Å². The van der Waals surface area contributed by atoms with E-state index in [0.717, 1.165) is 38.9 Å². The molecule has 0 aliphatic carbocycles. The van der Waals surface area contributed by atoms with Crippen LogP contribution in [0, 0.1) is 0 Å². The van der Waals surface area contributed by atoms with Gasteiger partial charge in [-0.2, -0.15) is 0 Å². The minimum absolute atomic E-state index is 0.0121. The number of hydrogen-bond donors (Lipinski definition) is 3. The van der Waals surface area contributed by atoms with Crippen LogP contribution < -0.4 is 19.5 Å². The Morgan fingerprint density at radius 3 is 2.71 bits per heavy atom. The fraction of sp³-hybridized carbons (Fsp3) is 0.281. The Labute approximate surface area is 237 Å². The number of aromatic amines is 1. The van der Waals surface area contributed by atoms with Crippen molar-refractivity contribution in [3.05, 3.63) is 101 Å². The molecule has 2 aliphatic heterocycles. The first-order valence-electron chi connectivity index (χ1n) is 13.6. The number of fused-ring (bicyclic) bond motifs is 2. The number of H-pyrrole nitrogens is 1. The molecule has 3 aromatic carbocycles. The van der Waals surface area contributed by atoms with Gasteiger partial charge in [0.1, 0.15) is 5.75 Å². The Bertz CT molecular complexity index is 1560. The van der Waals surface area contributed by atoms with Gasteiger partial charge in [0.05, 0.1) is 20.3 Å². The Kier molecular flexibility index (Phi) is 7.80. The molecule has 6 rings (SSSR count). The number of allylic oxidation sites excluding steroid dienone is 1. The maximum absolute atomic E-state index is 13.3. The molecule has 2 aliphatic rings. The first-order valence-corrected chi connectivity index (χ1v) is 13.6. The lowest BCUT2D eigenvalue weighted by molar-refractivity contribution is -0.150. The number of ether oxygens (including phenoxy) is 5. The van der Waals surface area contributed by atoms with E-state index in [1.54, 1.807) is 7.11 Å². The highest BCUT2D eigenvalue weighted by Gasteiger charge is 2.30. The van der Waals surface area contributed by atoms with Gasteiger partial charge < -0.3 is 39.1 Å². The van der Waals surface area contributed by atoms with E-state index < -0.39 is 6.29 Å². The Morgan fingerprint density at radius 2 is 1.88 bits per heavy atom. The van der Waals surface area contributed by atoms with E-state index in [2.05, 4.69) is 10.3 Å². The highest BCUT2D eigenvalue weighted by molar-refractivity contribution is 5.92. The van der Waals surface area contributed by atoms with E-state index in [0.29, 0.717) is 37.5 Å². The van der Waals surface area contributed by atoms with Crippen LogP contribution in [0.25, 0.3) is 10.9 Å². The number of aromatic nitrogens is 1. The highest BCUT2D eigenvalue weighted by Crippen LogP contribution is 2.38. The van der Waals surface area contributed by atoms with Gasteiger partial charge in [-0.25, -0.2) is 0 Å². The topological polar surface area (TPSA) is 111 Å². The normalized spacial score (nSPS) is 17.7. The van der Waals surface area contributed by atoms with Crippen molar-refractivity contribution in [2.75, 3.05) is 20.4 Å². The van der Waals surface area contributed by atoms with Gasteiger partial charge in [-0.3, -0.25) is 4.79 Å². The molecule has 0 unspecified atom stereocenters. The van der Waals surface area contributed by atoms with Gasteiger partial charge in [-0.1, -0.05) is 30.3 Å². The first-order chi connectivity index (χ1) is 20.1. The smallest absolute Gasteiger partial charge is 0.286 e. The van der Waals surface area contributed by atoms with Crippen LogP contribution in [-0.2, 0) is 33.9 Å². The molecular weight excluding hydrogens is 524 g/mol. The van der Waals surface area contributed by atoms with E-state index in [1.807, 2.05) is 72.9 Å². The lowest BCUT2D eigenvalue weighted by Crippen LogP contribution is -2.33. The number of aliphatic hydroxyl groups is 1. The molecular formula is C32H32N2O7. The van der Waals surface area contributed by atoms with Gasteiger partial charge in [-0.15, -0.1) is 0 Å². The second-order valence-electron chi connectivity index (χ2n) is 10.1. The van der Waals surface area contributed by atoms with E-state index >= 15 is 0 Å². The van der Waals surface area contributed by atoms with Gasteiger partial charge in [-0.05, 0) is 65.1 Å². The maximum atomic E-state index is 13.3. The zero-order valence-corrected chi connectivity index (χ0v) is 22.7. The molecule has 0 spiro atoms. The summed E-state index contributed by atoms with van der Waals surface area (Å²) in [5.74, 6) is 1.98. The largest absolute Gasteiger partial charge is 0.497 e. The van der Waals surface area contributed by atoms with Crippen LogP contribution in [0.5, 0.6) is 17.2 Å². The average Bonchev–Trinajstić information content (AvgIpc) is 3.66. The minimum atomic E-state index is -0.630. The van der Waals surface area contributed by atoms with Crippen molar-refractivity contribution < 1.29 is 33.6 Å². The van der Waals surface area contributed by atoms with Crippen LogP contribution in [-0.4, -0.2) is 42.7 Å². The second-order valence-corrected chi connectivity index (χ2v) is 10.1. The fourth-order valence-corrected chi connectivity index (χ4v) is 5.11. The number of carbonyl (C=O) groups is 1. The molecule has 4 aromatic rings. The quantitative estimate of drug-likeness (QED) is 0.260. The summed E-state index contributed by atoms with van der Waals surface area (Å²) in [7, 11) is 1.65. The summed E-state index contributed by atoms with van der Waals surface area (Å²) in [5.41, 5.74) is 4.87. The molecule has 9 nitrogen and oxygen atoms in total. The van der Waals surface area contributed by atoms with E-state index in [9.17, 15) is 9.90 Å². The lowest BCUT2D eigenvalue weighted by Gasteiger charge is -2.29. The molecule has 3 N–H and O–H groups in total. The molecule has 9 heteroatoms. The summed E-state index contributed by atoms with van der Waals surface area (Å²) in [5, 5.41) is 13.4. The number of carbonyl (C=O) groups excluding carboxylic acids is 1. The molecule has 1 amide bonds. The third-order valence-electron chi connectivity index (χ3n) is 7.40. The van der Waals surface area contributed by atoms with Crippen molar-refractivity contribution in [1.82, 2.24) is 10.3 Å². The van der Waals surface area contributed by atoms with Crippen LogP contribution in [0.15, 0.2) is 78.7 Å². The summed E-state index contributed by atoms with van der Waals surface area (Å²) in [6.45, 7) is 0.923. The summed E-state index contributed by atoms with van der Waals surface area (Å²) < 4.78 is 28.6. The first kappa shape index (κ1) is 26.7. The molecule has 0 saturated heterocycles. The number of benzene rings is 3. The van der Waals surface area contributed by atoms with E-state index in [-0.39, 0.29) is 31.0 Å². The van der Waals surface area contributed by atoms with Crippen LogP contribution in [0.2, 0.25) is 0 Å². The highest BCUT2D eigenvalue weighted by atomic mass is 16.7. The van der Waals surface area contributed by atoms with Gasteiger partial charge in [0, 0.05) is 36.0 Å². The molecule has 3 heterocycles. The van der Waals surface area contributed by atoms with Gasteiger partial charge in [0.2, 0.25) is 13.1 Å². The molecule has 0 bridgehead atoms. The summed E-state index contributed by atoms with van der Waals surface area (Å²) >= 11 is 0. The zero-order valence-electron chi connectivity index (χ0n) is 22.7. The Hall–Kier alpha value is -4.47. The molecule has 1 aromatic heterocycles. The van der Waals surface area contributed by atoms with E-state index in [4.69, 9.17) is 23.7 Å². The zero-order chi connectivity index (χ0) is 28.2. The van der Waals surface area contributed by atoms with Crippen molar-refractivity contribution in [3.63, 3.8) is 0 Å². The monoisotopic (exact) mass is 556 g/mol. The molecule has 2 atom stereocenters. The SMILES string of the molecule is COc1ccc2[nH]cc(CCNC(=O)C3=C[C@H](c4ccc5c(c4)OCO5)C[C@H](OCc4ccc(CO)cc4)O3)c2c1. The number of amides is 1. The predicted octanol–water partition coefficient (Wildman–Crippen LogP) is 4.69. The van der Waals surface area contributed by atoms with Crippen molar-refractivity contribution in [2.45, 2.75) is 38.3 Å². The van der Waals surface area contributed by atoms with Crippen molar-refractivity contribution in [3.8, 4) is 17.2 Å². The molecule has 41 heavy (non-hydrogen) atoms. The second kappa shape index (κ2) is 12.0. The van der Waals surface area contributed by atoms with Gasteiger partial charge in [0.25, 0.3) is 5.91 Å². The number of methoxy groups -OCH3 is 1. The number of aliphatic hydroxyl groups excluding tert-OH is 1. The third kappa shape index (κ3) is 6.01. The van der Waals surface area contributed by atoms with Crippen molar-refractivity contribution in [2.24, 2.45) is 0 Å². The van der Waals surface area contributed by atoms with Crippen LogP contribution in [0.4, 0.5) is 0 Å². The van der Waals surface area contributed by atoms with Crippen molar-refractivity contribution in [1.29, 1.82) is 0 Å². The Morgan fingerprint density at radius 1 is 1.05 bits per heavy atom. The number of nitrogens with one attached hydrogen (secondary N) is 2. The predicted molar refractivity (Wildman–Crippen MR) is 152 cm³/mol. The summed E-state index contributed by atoms with van der Waals surface area (Å²) in [6, 6.07) is 19.2. The van der Waals surface area contributed by atoms with Crippen LogP contribution in [0.1, 0.15) is 34.6 Å². The fourth-order valence-electron chi connectivity index (χ4n) is 5.11. The molecule has 212 valence electrons. The summed E-state index contributed by atoms with van der Waals surface area (Å²) in [4.78, 5) is 16.6. The standard InChI is InChI=1S/C32H32N2O7/c1-37-25-7-8-27-26(15-25)23(16-34-27)10-11-33-32(36)30-13-24(22-6-9-28-29(12-22)40-19-39-28)14-31(41-30)38-18-21-4-2-20(17-35)3-5-21/h2-9,12-13,15-16,24,31,34-35H,10-11,14,17-19H2,1H3,(H,33,36)/t24-,31+/m0/s1. The maximum Gasteiger partial charge on any atom is 0.286 e. The van der Waals surface area contributed by atoms with Crippen molar-refractivity contribution >= 4 is 16.8 Å². The van der Waals surface area contributed by atoms with Crippen LogP contribution in [0.3, 0.4) is 0 Å². The minimum Gasteiger partial charge on any atom is -0.497 e. The third-order valence-corrected chi connectivity index (χ3v) is 7.40. The van der Waals surface area contributed by atoms with Crippen LogP contribution >= 0.6 is 0 Å². The average molecular weight is 557 g/mol. The number of hydrogen-bond acceptors (Lipinski definition) is 7. The van der Waals surface area contributed by atoms with Gasteiger partial charge in [0.15, 0.2) is 17.3 Å². The summed E-state index contributed by atoms with van der Waals surface area (Å²) in [6.07, 6.45) is 4.34. The molecule has 0 fully saturated rings. The molecule has 0 radical (unpaired) electrons. The van der Waals surface area contributed by atoms with Gasteiger partial charge >= 0.3 is 0 Å². The molecule has 0 saturated carbocycles. The number of rotatable bonds is 10.